The molecule has 0 aromatic rings. The Labute approximate surface area is 131 Å². The first-order chi connectivity index (χ1) is 5.20. The Morgan fingerprint density at radius 1 is 0.733 bits per heavy atom. The summed E-state index contributed by atoms with van der Waals surface area (Å²) in [5, 5.41) is 22.2. The van der Waals surface area contributed by atoms with Crippen LogP contribution in [0.5, 0.6) is 0 Å². The maximum absolute atomic E-state index is 9.00. The third-order valence-electron chi connectivity index (χ3n) is 0. The molecule has 0 bridgehead atoms. The van der Waals surface area contributed by atoms with Crippen LogP contribution in [-0.2, 0) is 48.2 Å². The molecule has 6 nitrogen and oxygen atoms in total. The van der Waals surface area contributed by atoms with Crippen LogP contribution in [-0.4, -0.2) is 62.8 Å². The van der Waals surface area contributed by atoms with Gasteiger partial charge in [-0.2, -0.15) is 0 Å². The zero-order valence-electron chi connectivity index (χ0n) is 7.78. The minimum atomic E-state index is -0.833. The quantitative estimate of drug-likeness (QED) is 0.525. The number of hydrogen-bond donors (Lipinski definition) is 3. The topological polar surface area (TPSA) is 112 Å². The molecular weight excluding hydrogens is 305 g/mol. The molecular formula is C6H13CoMnNaO6. The molecule has 90 valence electrons. The number of carbonyl (C=O) groups is 3. The van der Waals surface area contributed by atoms with Gasteiger partial charge in [0, 0.05) is 54.6 Å². The fourth-order valence-corrected chi connectivity index (χ4v) is 0. The Bertz CT molecular complexity index is 125. The maximum atomic E-state index is 9.00. The third-order valence-corrected chi connectivity index (χ3v) is 0. The van der Waals surface area contributed by atoms with Crippen LogP contribution in [0.2, 0.25) is 0 Å². The molecule has 0 rings (SSSR count). The van der Waals surface area contributed by atoms with Gasteiger partial charge in [-0.1, -0.05) is 0 Å². The van der Waals surface area contributed by atoms with Gasteiger partial charge in [0.05, 0.1) is 0 Å². The molecule has 3 N–H and O–H groups in total. The van der Waals surface area contributed by atoms with E-state index in [-0.39, 0.29) is 63.4 Å². The molecule has 0 saturated heterocycles. The van der Waals surface area contributed by atoms with E-state index >= 15 is 0 Å². The second-order valence-corrected chi connectivity index (χ2v) is 1.56. The standard InChI is InChI=1S/3C2H4O2.Co.Mn.Na.H/c3*1-2(3)4;;;;/h3*1H3,(H,3,4);;;;. The molecule has 0 saturated carbocycles. The van der Waals surface area contributed by atoms with E-state index in [4.69, 9.17) is 29.7 Å². The predicted molar refractivity (Wildman–Crippen MR) is 47.1 cm³/mol. The van der Waals surface area contributed by atoms with Crippen molar-refractivity contribution in [2.24, 2.45) is 0 Å². The van der Waals surface area contributed by atoms with E-state index in [9.17, 15) is 0 Å². The first-order valence-electron chi connectivity index (χ1n) is 2.78. The van der Waals surface area contributed by atoms with E-state index in [2.05, 4.69) is 0 Å². The summed E-state index contributed by atoms with van der Waals surface area (Å²) >= 11 is 0. The summed E-state index contributed by atoms with van der Waals surface area (Å²) in [5.41, 5.74) is 0. The van der Waals surface area contributed by atoms with Crippen LogP contribution in [0, 0.1) is 0 Å². The minimum absolute atomic E-state index is 0. The van der Waals surface area contributed by atoms with Gasteiger partial charge in [-0.3, -0.25) is 14.4 Å². The van der Waals surface area contributed by atoms with Crippen molar-refractivity contribution in [3.8, 4) is 0 Å². The number of rotatable bonds is 0. The summed E-state index contributed by atoms with van der Waals surface area (Å²) < 4.78 is 0. The monoisotopic (exact) mass is 318 g/mol. The van der Waals surface area contributed by atoms with Crippen LogP contribution in [0.1, 0.15) is 20.8 Å². The van der Waals surface area contributed by atoms with Gasteiger partial charge in [0.15, 0.2) is 0 Å². The Morgan fingerprint density at radius 2 is 0.733 bits per heavy atom. The van der Waals surface area contributed by atoms with Crippen LogP contribution < -0.4 is 0 Å². The molecule has 0 spiro atoms. The average molecular weight is 318 g/mol. The summed E-state index contributed by atoms with van der Waals surface area (Å²) in [6.07, 6.45) is 0. The normalized spacial score (nSPS) is 5.00. The zero-order chi connectivity index (χ0) is 10.7. The number of hydrogen-bond acceptors (Lipinski definition) is 3. The number of carboxylic acids is 3. The first kappa shape index (κ1) is 36.1. The van der Waals surface area contributed by atoms with Gasteiger partial charge in [0.2, 0.25) is 0 Å². The van der Waals surface area contributed by atoms with Gasteiger partial charge < -0.3 is 15.3 Å². The zero-order valence-corrected chi connectivity index (χ0v) is 10.00. The SMILES string of the molecule is CC(=O)O.CC(=O)O.CC(=O)O.[Co].[Mn].[NaH]. The fraction of sp³-hybridized carbons (Fsp3) is 0.500. The van der Waals surface area contributed by atoms with Crippen LogP contribution >= 0.6 is 0 Å². The molecule has 0 aliphatic heterocycles. The Kier molecular flexibility index (Phi) is 70.5. The summed E-state index contributed by atoms with van der Waals surface area (Å²) in [7, 11) is 0. The van der Waals surface area contributed by atoms with Gasteiger partial charge in [-0.15, -0.1) is 0 Å². The van der Waals surface area contributed by atoms with Crippen molar-refractivity contribution in [2.75, 3.05) is 0 Å². The van der Waals surface area contributed by atoms with Crippen LogP contribution in [0.4, 0.5) is 0 Å². The molecule has 0 amide bonds. The molecule has 0 atom stereocenters. The van der Waals surface area contributed by atoms with Gasteiger partial charge in [0.25, 0.3) is 17.9 Å². The van der Waals surface area contributed by atoms with Gasteiger partial charge >= 0.3 is 29.6 Å². The first-order valence-corrected chi connectivity index (χ1v) is 2.78. The summed E-state index contributed by atoms with van der Waals surface area (Å²) in [4.78, 5) is 27.0. The van der Waals surface area contributed by atoms with E-state index < -0.39 is 17.9 Å². The van der Waals surface area contributed by atoms with Crippen molar-refractivity contribution >= 4 is 47.5 Å². The van der Waals surface area contributed by atoms with Crippen LogP contribution in [0.15, 0.2) is 0 Å². The Hall–Kier alpha value is 0.436. The molecule has 0 aromatic carbocycles. The second kappa shape index (κ2) is 29.3. The molecule has 0 fully saturated rings. The molecule has 9 heteroatoms. The number of aliphatic carboxylic acids is 3. The fourth-order valence-electron chi connectivity index (χ4n) is 0. The molecule has 15 heavy (non-hydrogen) atoms. The molecule has 0 aliphatic carbocycles. The van der Waals surface area contributed by atoms with E-state index in [0.29, 0.717) is 0 Å². The third kappa shape index (κ3) is 11700. The van der Waals surface area contributed by atoms with Crippen molar-refractivity contribution < 1.29 is 63.6 Å². The van der Waals surface area contributed by atoms with E-state index in [1.165, 1.54) is 0 Å². The molecule has 0 heterocycles. The van der Waals surface area contributed by atoms with Gasteiger partial charge in [-0.05, 0) is 0 Å². The summed E-state index contributed by atoms with van der Waals surface area (Å²) in [6.45, 7) is 3.25. The Balaban J connectivity index is -0.0000000184. The van der Waals surface area contributed by atoms with Crippen molar-refractivity contribution in [1.82, 2.24) is 0 Å². The van der Waals surface area contributed by atoms with Crippen LogP contribution in [0.3, 0.4) is 0 Å². The summed E-state index contributed by atoms with van der Waals surface area (Å²) in [5.74, 6) is -2.50. The Morgan fingerprint density at radius 3 is 0.733 bits per heavy atom. The molecule has 0 unspecified atom stereocenters. The van der Waals surface area contributed by atoms with Crippen molar-refractivity contribution in [3.63, 3.8) is 0 Å². The molecule has 0 aromatic heterocycles. The summed E-state index contributed by atoms with van der Waals surface area (Å²) in [6, 6.07) is 0. The van der Waals surface area contributed by atoms with E-state index in [1.54, 1.807) is 0 Å². The molecule has 0 aliphatic rings. The number of carboxylic acid groups (broad SMARTS) is 3. The van der Waals surface area contributed by atoms with Gasteiger partial charge in [-0.25, -0.2) is 0 Å². The van der Waals surface area contributed by atoms with Crippen LogP contribution in [0.25, 0.3) is 0 Å². The van der Waals surface area contributed by atoms with Crippen molar-refractivity contribution in [3.05, 3.63) is 0 Å². The van der Waals surface area contributed by atoms with Gasteiger partial charge in [0.1, 0.15) is 0 Å². The van der Waals surface area contributed by atoms with Crippen molar-refractivity contribution in [1.29, 1.82) is 0 Å². The van der Waals surface area contributed by atoms with E-state index in [0.717, 1.165) is 20.8 Å². The molecule has 2 radical (unpaired) electrons. The predicted octanol–water partition coefficient (Wildman–Crippen LogP) is -0.381. The van der Waals surface area contributed by atoms with Crippen molar-refractivity contribution in [2.45, 2.75) is 20.8 Å². The average Bonchev–Trinajstić information content (AvgIpc) is 1.54. The second-order valence-electron chi connectivity index (χ2n) is 1.56. The van der Waals surface area contributed by atoms with E-state index in [1.807, 2.05) is 0 Å².